The molecule has 3 aromatic rings. The van der Waals surface area contributed by atoms with Gasteiger partial charge in [-0.25, -0.2) is 0 Å². The summed E-state index contributed by atoms with van der Waals surface area (Å²) in [5.41, 5.74) is 1.98. The number of aromatic nitrogens is 3. The fourth-order valence-electron chi connectivity index (χ4n) is 1.94. The van der Waals surface area contributed by atoms with Gasteiger partial charge in [0.1, 0.15) is 0 Å². The number of fused-ring (bicyclic) bond motifs is 1. The number of benzene rings is 1. The van der Waals surface area contributed by atoms with Crippen LogP contribution in [0.5, 0.6) is 5.75 Å². The molecule has 0 saturated heterocycles. The van der Waals surface area contributed by atoms with Crippen LogP contribution in [0.25, 0.3) is 21.9 Å². The Morgan fingerprint density at radius 3 is 2.59 bits per heavy atom. The maximum atomic E-state index is 5.23. The average Bonchev–Trinajstić information content (AvgIpc) is 2.95. The first-order valence-corrected chi connectivity index (χ1v) is 8.49. The van der Waals surface area contributed by atoms with Gasteiger partial charge in [-0.1, -0.05) is 0 Å². The van der Waals surface area contributed by atoms with Crippen LogP contribution < -0.4 is 9.64 Å². The van der Waals surface area contributed by atoms with Crippen LogP contribution in [0.2, 0.25) is 0 Å². The Kier molecular flexibility index (Phi) is 4.22. The predicted molar refractivity (Wildman–Crippen MR) is 90.5 cm³/mol. The molecule has 0 aliphatic heterocycles. The van der Waals surface area contributed by atoms with Crippen LogP contribution in [0, 0.1) is 0 Å². The Labute approximate surface area is 135 Å². The minimum atomic E-state index is 0.239. The van der Waals surface area contributed by atoms with Crippen LogP contribution in [-0.4, -0.2) is 50.7 Å². The summed E-state index contributed by atoms with van der Waals surface area (Å²) in [5.74, 6) is 1.55. The molecular weight excluding hydrogens is 343 g/mol. The van der Waals surface area contributed by atoms with Gasteiger partial charge in [0.05, 0.1) is 0 Å². The van der Waals surface area contributed by atoms with Gasteiger partial charge in [-0.15, -0.1) is 0 Å². The molecule has 0 fully saturated rings. The molecule has 0 saturated carbocycles. The van der Waals surface area contributed by atoms with Crippen molar-refractivity contribution in [1.29, 1.82) is 0 Å². The number of hydrogen-bond acceptors (Lipinski definition) is 5. The molecule has 0 aliphatic rings. The Morgan fingerprint density at radius 1 is 1.14 bits per heavy atom. The van der Waals surface area contributed by atoms with E-state index in [1.807, 2.05) is 55.7 Å². The van der Waals surface area contributed by atoms with E-state index in [1.165, 1.54) is 4.26 Å². The van der Waals surface area contributed by atoms with E-state index in [-0.39, 0.29) is 14.5 Å². The number of hydrogen-bond donors (Lipinski definition) is 0. The monoisotopic (exact) mass is 360 g/mol. The molecule has 2 aromatic heterocycles. The van der Waals surface area contributed by atoms with Crippen LogP contribution in [0.3, 0.4) is 0 Å². The third kappa shape index (κ3) is 3.18. The van der Waals surface area contributed by atoms with Crippen molar-refractivity contribution in [2.45, 2.75) is 0 Å². The molecule has 0 spiro atoms. The summed E-state index contributed by atoms with van der Waals surface area (Å²) in [7, 11) is 5.52. The van der Waals surface area contributed by atoms with Gasteiger partial charge in [-0.2, -0.15) is 0 Å². The van der Waals surface area contributed by atoms with E-state index in [4.69, 9.17) is 4.74 Å². The Bertz CT molecular complexity index is 809. The standard InChI is InChI=1S/C16H16N4OSe/c1-20(2)16-17-9-11(10-18-16)4-7-15-19-13-8-12(21-3)5-6-14(13)22-15/h4-10H,1-3H3/b7-4+. The van der Waals surface area contributed by atoms with Crippen LogP contribution in [0.15, 0.2) is 30.6 Å². The Hall–Kier alpha value is -2.17. The first kappa shape index (κ1) is 14.8. The summed E-state index contributed by atoms with van der Waals surface area (Å²) in [6.45, 7) is 0. The van der Waals surface area contributed by atoms with Gasteiger partial charge < -0.3 is 0 Å². The summed E-state index contributed by atoms with van der Waals surface area (Å²) in [5, 5.41) is 0. The van der Waals surface area contributed by atoms with Crippen molar-refractivity contribution in [3.8, 4) is 5.75 Å². The van der Waals surface area contributed by atoms with E-state index >= 15 is 0 Å². The van der Waals surface area contributed by atoms with E-state index in [9.17, 15) is 0 Å². The van der Waals surface area contributed by atoms with Crippen LogP contribution >= 0.6 is 0 Å². The number of ether oxygens (including phenoxy) is 1. The summed E-state index contributed by atoms with van der Waals surface area (Å²) in [6, 6.07) is 6.05. The van der Waals surface area contributed by atoms with E-state index in [1.54, 1.807) is 7.11 Å². The second-order valence-electron chi connectivity index (χ2n) is 4.93. The van der Waals surface area contributed by atoms with Gasteiger partial charge >= 0.3 is 135 Å². The molecule has 0 radical (unpaired) electrons. The molecule has 1 aromatic carbocycles. The quantitative estimate of drug-likeness (QED) is 0.670. The topological polar surface area (TPSA) is 51.1 Å². The number of rotatable bonds is 4. The predicted octanol–water partition coefficient (Wildman–Crippen LogP) is 2.33. The first-order valence-electron chi connectivity index (χ1n) is 6.78. The van der Waals surface area contributed by atoms with Crippen molar-refractivity contribution in [3.05, 3.63) is 40.7 Å². The Balaban J connectivity index is 1.82. The number of nitrogens with zero attached hydrogens (tertiary/aromatic N) is 4. The van der Waals surface area contributed by atoms with Crippen LogP contribution in [-0.2, 0) is 0 Å². The average molecular weight is 359 g/mol. The van der Waals surface area contributed by atoms with Crippen LogP contribution in [0.1, 0.15) is 10.1 Å². The zero-order chi connectivity index (χ0) is 15.5. The van der Waals surface area contributed by atoms with Gasteiger partial charge in [0.25, 0.3) is 0 Å². The molecule has 2 heterocycles. The fraction of sp³-hybridized carbons (Fsp3) is 0.188. The van der Waals surface area contributed by atoms with Gasteiger partial charge in [0.2, 0.25) is 0 Å². The number of methoxy groups -OCH3 is 1. The van der Waals surface area contributed by atoms with Crippen molar-refractivity contribution in [3.63, 3.8) is 0 Å². The summed E-state index contributed by atoms with van der Waals surface area (Å²) < 4.78 is 7.61. The molecule has 3 rings (SSSR count). The molecule has 0 atom stereocenters. The van der Waals surface area contributed by atoms with Crippen LogP contribution in [0.4, 0.5) is 5.95 Å². The second kappa shape index (κ2) is 6.30. The van der Waals surface area contributed by atoms with Crippen molar-refractivity contribution in [2.24, 2.45) is 0 Å². The SMILES string of the molecule is COc1ccc2[se]c(/C=C/c3cnc(N(C)C)nc3)nc2c1. The van der Waals surface area contributed by atoms with Crippen molar-refractivity contribution < 1.29 is 4.74 Å². The molecule has 0 N–H and O–H groups in total. The van der Waals surface area contributed by atoms with E-state index < -0.39 is 0 Å². The van der Waals surface area contributed by atoms with Crippen molar-refractivity contribution >= 4 is 42.4 Å². The number of anilines is 1. The molecule has 0 amide bonds. The normalized spacial score (nSPS) is 11.2. The second-order valence-corrected chi connectivity index (χ2v) is 7.16. The van der Waals surface area contributed by atoms with E-state index in [0.29, 0.717) is 5.95 Å². The molecule has 0 unspecified atom stereocenters. The molecule has 0 aliphatic carbocycles. The summed E-state index contributed by atoms with van der Waals surface area (Å²) in [4.78, 5) is 15.1. The van der Waals surface area contributed by atoms with Crippen molar-refractivity contribution in [2.75, 3.05) is 26.1 Å². The molecule has 0 bridgehead atoms. The molecular formula is C16H16N4OSe. The summed E-state index contributed by atoms with van der Waals surface area (Å²) in [6.07, 6.45) is 7.68. The maximum absolute atomic E-state index is 5.23. The minimum absolute atomic E-state index is 0.239. The Morgan fingerprint density at radius 2 is 1.91 bits per heavy atom. The van der Waals surface area contributed by atoms with E-state index in [2.05, 4.69) is 21.0 Å². The molecule has 6 heteroatoms. The van der Waals surface area contributed by atoms with Crippen molar-refractivity contribution in [1.82, 2.24) is 15.0 Å². The zero-order valence-corrected chi connectivity index (χ0v) is 14.4. The van der Waals surface area contributed by atoms with Gasteiger partial charge in [-0.3, -0.25) is 0 Å². The summed E-state index contributed by atoms with van der Waals surface area (Å²) >= 11 is 0.239. The first-order chi connectivity index (χ1) is 10.7. The van der Waals surface area contributed by atoms with Gasteiger partial charge in [-0.05, 0) is 0 Å². The van der Waals surface area contributed by atoms with Gasteiger partial charge in [0, 0.05) is 0 Å². The van der Waals surface area contributed by atoms with Gasteiger partial charge in [0.15, 0.2) is 0 Å². The fourth-order valence-corrected chi connectivity index (χ4v) is 3.72. The third-order valence-corrected chi connectivity index (χ3v) is 5.19. The molecule has 112 valence electrons. The zero-order valence-electron chi connectivity index (χ0n) is 12.6. The molecule has 22 heavy (non-hydrogen) atoms. The van der Waals surface area contributed by atoms with E-state index in [0.717, 1.165) is 21.4 Å². The third-order valence-electron chi connectivity index (χ3n) is 3.09. The molecule has 5 nitrogen and oxygen atoms in total.